The summed E-state index contributed by atoms with van der Waals surface area (Å²) in [5.41, 5.74) is 8.39. The Hall–Kier alpha value is -2.04. The summed E-state index contributed by atoms with van der Waals surface area (Å²) in [5, 5.41) is 3.67. The predicted molar refractivity (Wildman–Crippen MR) is 111 cm³/mol. The maximum atomic E-state index is 11.3. The summed E-state index contributed by atoms with van der Waals surface area (Å²) in [4.78, 5) is 18.1. The van der Waals surface area contributed by atoms with Gasteiger partial charge in [-0.05, 0) is 44.1 Å². The van der Waals surface area contributed by atoms with Gasteiger partial charge in [0.1, 0.15) is 0 Å². The Bertz CT molecular complexity index is 679. The summed E-state index contributed by atoms with van der Waals surface area (Å²) in [5.74, 6) is 1.10. The highest BCUT2D eigenvalue weighted by Gasteiger charge is 2.36. The Morgan fingerprint density at radius 1 is 1.33 bits per heavy atom. The molecule has 0 radical (unpaired) electrons. The van der Waals surface area contributed by atoms with Gasteiger partial charge in [-0.25, -0.2) is 0 Å². The lowest BCUT2D eigenvalue weighted by atomic mass is 9.78. The molecule has 3 rings (SSSR count). The van der Waals surface area contributed by atoms with Crippen molar-refractivity contribution in [3.63, 3.8) is 0 Å². The van der Waals surface area contributed by atoms with Gasteiger partial charge in [-0.2, -0.15) is 0 Å². The van der Waals surface area contributed by atoms with E-state index in [0.29, 0.717) is 12.3 Å². The van der Waals surface area contributed by atoms with Crippen LogP contribution in [-0.2, 0) is 10.2 Å². The minimum atomic E-state index is -0.200. The standard InChI is InChI=1S/C22H34N4O/c1-17-7-5-9-19(13-17)22(10-3-4-11-22)16-25-21(24-2)26-12-6-8-18(15-26)14-20(23)27/h5,7,9,13,18H,3-4,6,8,10-12,14-16H2,1-2H3,(H2,23,27)(H,24,25). The third kappa shape index (κ3) is 4.82. The molecule has 1 aromatic rings. The zero-order chi connectivity index (χ0) is 19.3. The van der Waals surface area contributed by atoms with Crippen molar-refractivity contribution in [3.05, 3.63) is 35.4 Å². The third-order valence-corrected chi connectivity index (χ3v) is 6.30. The molecule has 1 aliphatic carbocycles. The van der Waals surface area contributed by atoms with Gasteiger partial charge in [0.05, 0.1) is 0 Å². The Balaban J connectivity index is 1.68. The van der Waals surface area contributed by atoms with Crippen LogP contribution in [0.3, 0.4) is 0 Å². The van der Waals surface area contributed by atoms with E-state index in [1.807, 2.05) is 7.05 Å². The van der Waals surface area contributed by atoms with E-state index < -0.39 is 0 Å². The molecule has 1 heterocycles. The summed E-state index contributed by atoms with van der Waals surface area (Å²) in [6, 6.07) is 8.98. The molecule has 2 fully saturated rings. The van der Waals surface area contributed by atoms with Crippen molar-refractivity contribution in [2.75, 3.05) is 26.7 Å². The van der Waals surface area contributed by atoms with Crippen LogP contribution in [0.15, 0.2) is 29.3 Å². The Labute approximate surface area is 163 Å². The van der Waals surface area contributed by atoms with Crippen LogP contribution < -0.4 is 11.1 Å². The number of benzene rings is 1. The molecule has 5 heteroatoms. The number of aryl methyl sites for hydroxylation is 1. The van der Waals surface area contributed by atoms with E-state index in [0.717, 1.165) is 38.4 Å². The first-order valence-corrected chi connectivity index (χ1v) is 10.3. The van der Waals surface area contributed by atoms with E-state index in [1.54, 1.807) is 0 Å². The average molecular weight is 371 g/mol. The number of amides is 1. The molecular weight excluding hydrogens is 336 g/mol. The third-order valence-electron chi connectivity index (χ3n) is 6.30. The molecule has 27 heavy (non-hydrogen) atoms. The topological polar surface area (TPSA) is 70.7 Å². The van der Waals surface area contributed by atoms with Gasteiger partial charge in [-0.3, -0.25) is 9.79 Å². The van der Waals surface area contributed by atoms with Gasteiger partial charge in [0.15, 0.2) is 5.96 Å². The number of likely N-dealkylation sites (tertiary alicyclic amines) is 1. The summed E-state index contributed by atoms with van der Waals surface area (Å²) < 4.78 is 0. The van der Waals surface area contributed by atoms with Crippen LogP contribution in [0.4, 0.5) is 0 Å². The molecule has 5 nitrogen and oxygen atoms in total. The molecule has 0 bridgehead atoms. The molecule has 1 unspecified atom stereocenters. The fraction of sp³-hybridized carbons (Fsp3) is 0.636. The largest absolute Gasteiger partial charge is 0.370 e. The molecule has 0 spiro atoms. The average Bonchev–Trinajstić information content (AvgIpc) is 3.12. The second-order valence-electron chi connectivity index (χ2n) is 8.38. The molecule has 1 atom stereocenters. The summed E-state index contributed by atoms with van der Waals surface area (Å²) in [6.45, 7) is 4.94. The van der Waals surface area contributed by atoms with Crippen molar-refractivity contribution in [1.29, 1.82) is 0 Å². The quantitative estimate of drug-likeness (QED) is 0.618. The van der Waals surface area contributed by atoms with Crippen molar-refractivity contribution in [1.82, 2.24) is 10.2 Å². The number of nitrogens with one attached hydrogen (secondary N) is 1. The smallest absolute Gasteiger partial charge is 0.217 e. The molecule has 1 saturated heterocycles. The Morgan fingerprint density at radius 3 is 2.78 bits per heavy atom. The number of carbonyl (C=O) groups is 1. The minimum absolute atomic E-state index is 0.199. The number of nitrogens with zero attached hydrogens (tertiary/aromatic N) is 2. The fourth-order valence-corrected chi connectivity index (χ4v) is 4.88. The van der Waals surface area contributed by atoms with Crippen LogP contribution in [-0.4, -0.2) is 43.4 Å². The first-order valence-electron chi connectivity index (χ1n) is 10.3. The second kappa shape index (κ2) is 8.77. The van der Waals surface area contributed by atoms with E-state index in [2.05, 4.69) is 46.4 Å². The van der Waals surface area contributed by atoms with Gasteiger partial charge in [0.25, 0.3) is 0 Å². The Kier molecular flexibility index (Phi) is 6.40. The maximum Gasteiger partial charge on any atom is 0.217 e. The van der Waals surface area contributed by atoms with E-state index in [4.69, 9.17) is 5.73 Å². The molecule has 1 amide bonds. The molecular formula is C22H34N4O. The van der Waals surface area contributed by atoms with Crippen LogP contribution in [0.1, 0.15) is 56.1 Å². The van der Waals surface area contributed by atoms with Crippen molar-refractivity contribution in [2.45, 2.75) is 57.3 Å². The van der Waals surface area contributed by atoms with Gasteiger partial charge in [-0.15, -0.1) is 0 Å². The lowest BCUT2D eigenvalue weighted by molar-refractivity contribution is -0.119. The first-order chi connectivity index (χ1) is 13.0. The summed E-state index contributed by atoms with van der Waals surface area (Å²) >= 11 is 0. The number of aliphatic imine (C=N–C) groups is 1. The predicted octanol–water partition coefficient (Wildman–Crippen LogP) is 2.97. The van der Waals surface area contributed by atoms with Crippen molar-refractivity contribution in [3.8, 4) is 0 Å². The van der Waals surface area contributed by atoms with Crippen LogP contribution in [0.25, 0.3) is 0 Å². The van der Waals surface area contributed by atoms with E-state index in [1.165, 1.54) is 36.8 Å². The Morgan fingerprint density at radius 2 is 2.11 bits per heavy atom. The normalized spacial score (nSPS) is 22.7. The number of piperidine rings is 1. The van der Waals surface area contributed by atoms with Gasteiger partial charge in [0.2, 0.25) is 5.91 Å². The molecule has 148 valence electrons. The van der Waals surface area contributed by atoms with Gasteiger partial charge >= 0.3 is 0 Å². The lowest BCUT2D eigenvalue weighted by Crippen LogP contribution is -2.50. The molecule has 2 aliphatic rings. The van der Waals surface area contributed by atoms with Crippen LogP contribution in [0.2, 0.25) is 0 Å². The van der Waals surface area contributed by atoms with Gasteiger partial charge in [0, 0.05) is 38.5 Å². The number of hydrogen-bond acceptors (Lipinski definition) is 2. The number of rotatable bonds is 5. The number of primary amides is 1. The van der Waals surface area contributed by atoms with Crippen LogP contribution in [0, 0.1) is 12.8 Å². The zero-order valence-corrected chi connectivity index (χ0v) is 16.8. The second-order valence-corrected chi connectivity index (χ2v) is 8.38. The van der Waals surface area contributed by atoms with Crippen molar-refractivity contribution >= 4 is 11.9 Å². The van der Waals surface area contributed by atoms with Crippen LogP contribution in [0.5, 0.6) is 0 Å². The number of guanidine groups is 1. The van der Waals surface area contributed by atoms with E-state index in [-0.39, 0.29) is 11.3 Å². The highest BCUT2D eigenvalue weighted by Crippen LogP contribution is 2.41. The van der Waals surface area contributed by atoms with Crippen molar-refractivity contribution in [2.24, 2.45) is 16.6 Å². The van der Waals surface area contributed by atoms with Gasteiger partial charge < -0.3 is 16.0 Å². The zero-order valence-electron chi connectivity index (χ0n) is 16.8. The number of hydrogen-bond donors (Lipinski definition) is 2. The summed E-state index contributed by atoms with van der Waals surface area (Å²) in [7, 11) is 1.86. The fourth-order valence-electron chi connectivity index (χ4n) is 4.88. The first kappa shape index (κ1) is 19.7. The lowest BCUT2D eigenvalue weighted by Gasteiger charge is -2.37. The molecule has 1 saturated carbocycles. The van der Waals surface area contributed by atoms with E-state index in [9.17, 15) is 4.79 Å². The number of carbonyl (C=O) groups excluding carboxylic acids is 1. The van der Waals surface area contributed by atoms with Crippen molar-refractivity contribution < 1.29 is 4.79 Å². The van der Waals surface area contributed by atoms with Gasteiger partial charge in [-0.1, -0.05) is 42.7 Å². The van der Waals surface area contributed by atoms with E-state index >= 15 is 0 Å². The summed E-state index contributed by atoms with van der Waals surface area (Å²) in [6.07, 6.45) is 7.67. The highest BCUT2D eigenvalue weighted by atomic mass is 16.1. The highest BCUT2D eigenvalue weighted by molar-refractivity contribution is 5.80. The molecule has 0 aromatic heterocycles. The maximum absolute atomic E-state index is 11.3. The molecule has 1 aromatic carbocycles. The monoisotopic (exact) mass is 370 g/mol. The SMILES string of the molecule is CN=C(NCC1(c2cccc(C)c2)CCCC1)N1CCCC(CC(N)=O)C1. The molecule has 1 aliphatic heterocycles. The molecule has 3 N–H and O–H groups in total. The minimum Gasteiger partial charge on any atom is -0.370 e. The van der Waals surface area contributed by atoms with Crippen LogP contribution >= 0.6 is 0 Å². The number of nitrogens with two attached hydrogens (primary N) is 1.